The van der Waals surface area contributed by atoms with Gasteiger partial charge in [-0.1, -0.05) is 38.1 Å². The highest BCUT2D eigenvalue weighted by molar-refractivity contribution is 5.72. The Morgan fingerprint density at radius 3 is 2.44 bits per heavy atom. The minimum absolute atomic E-state index is 0.00216. The second kappa shape index (κ2) is 13.8. The zero-order chi connectivity index (χ0) is 30.8. The lowest BCUT2D eigenvalue weighted by atomic mass is 9.75. The van der Waals surface area contributed by atoms with E-state index in [1.54, 1.807) is 21.3 Å². The van der Waals surface area contributed by atoms with Gasteiger partial charge < -0.3 is 38.6 Å². The average Bonchev–Trinajstić information content (AvgIpc) is 3.36. The Hall–Kier alpha value is -2.27. The van der Waals surface area contributed by atoms with E-state index in [1.807, 2.05) is 39.0 Å². The van der Waals surface area contributed by atoms with Gasteiger partial charge in [0.1, 0.15) is 30.2 Å². The summed E-state index contributed by atoms with van der Waals surface area (Å²) in [5.74, 6) is -0.173. The van der Waals surface area contributed by atoms with E-state index >= 15 is 0 Å². The van der Waals surface area contributed by atoms with Crippen LogP contribution in [0.3, 0.4) is 0 Å². The van der Waals surface area contributed by atoms with Crippen LogP contribution >= 0.6 is 0 Å². The molecule has 1 aromatic carbocycles. The highest BCUT2D eigenvalue weighted by atomic mass is 16.7. The van der Waals surface area contributed by atoms with Gasteiger partial charge in [-0.25, -0.2) is 0 Å². The van der Waals surface area contributed by atoms with E-state index in [9.17, 15) is 15.0 Å². The smallest absolute Gasteiger partial charge is 0.306 e. The number of carbonyl (C=O) groups is 1. The summed E-state index contributed by atoms with van der Waals surface area (Å²) in [4.78, 5) is 13.1. The number of rotatable bonds is 6. The molecular weight excluding hydrogens is 552 g/mol. The maximum atomic E-state index is 13.1. The first-order valence-electron chi connectivity index (χ1n) is 15.7. The van der Waals surface area contributed by atoms with Crippen LogP contribution in [0, 0.1) is 17.8 Å². The molecule has 5 rings (SSSR count). The topological polar surface area (TPSA) is 113 Å². The van der Waals surface area contributed by atoms with Crippen LogP contribution in [0.4, 0.5) is 0 Å². The van der Waals surface area contributed by atoms with E-state index in [2.05, 4.69) is 18.2 Å². The Bertz CT molecular complexity index is 1180. The Kier molecular flexibility index (Phi) is 10.3. The molecule has 2 saturated heterocycles. The number of benzene rings is 1. The molecule has 0 radical (unpaired) electrons. The minimum Gasteiger partial charge on any atom is -0.462 e. The number of methoxy groups -OCH3 is 3. The number of hydrogen-bond donors (Lipinski definition) is 2. The van der Waals surface area contributed by atoms with Gasteiger partial charge in [-0.05, 0) is 73.3 Å². The van der Waals surface area contributed by atoms with Crippen LogP contribution in [0.5, 0.6) is 5.75 Å². The van der Waals surface area contributed by atoms with Crippen molar-refractivity contribution < 1.29 is 43.4 Å². The lowest BCUT2D eigenvalue weighted by molar-refractivity contribution is -0.282. The Morgan fingerprint density at radius 1 is 1.00 bits per heavy atom. The van der Waals surface area contributed by atoms with Crippen LogP contribution in [0.2, 0.25) is 0 Å². The van der Waals surface area contributed by atoms with Crippen molar-refractivity contribution in [1.82, 2.24) is 0 Å². The molecule has 0 aromatic heterocycles. The fourth-order valence-corrected chi connectivity index (χ4v) is 7.46. The largest absolute Gasteiger partial charge is 0.462 e. The van der Waals surface area contributed by atoms with Crippen molar-refractivity contribution >= 4 is 12.0 Å². The molecule has 0 saturated carbocycles. The predicted octanol–water partition coefficient (Wildman–Crippen LogP) is 4.39. The molecule has 0 bridgehead atoms. The van der Waals surface area contributed by atoms with Crippen LogP contribution in [-0.4, -0.2) is 86.5 Å². The molecule has 0 amide bonds. The lowest BCUT2D eigenvalue weighted by Crippen LogP contribution is -2.60. The van der Waals surface area contributed by atoms with E-state index in [4.69, 9.17) is 28.4 Å². The molecule has 238 valence electrons. The molecule has 43 heavy (non-hydrogen) atoms. The summed E-state index contributed by atoms with van der Waals surface area (Å²) in [7, 11) is 4.86. The molecule has 2 aliphatic carbocycles. The van der Waals surface area contributed by atoms with Gasteiger partial charge in [-0.15, -0.1) is 0 Å². The molecule has 0 unspecified atom stereocenters. The SMILES string of the molecule is CC[C@H]1CCC[C@H](O)[C@@H](C)[C@H](O)C2=C[C@H]3c4ccc(O[C@@H]5O[C@@H](C)[C@H](OC)[C@@H](OC)[C@H]5OC)cc4C=C[C@H]3[C@@H]2CC(=O)O1. The third-order valence-corrected chi connectivity index (χ3v) is 10.0. The third-order valence-electron chi connectivity index (χ3n) is 10.0. The zero-order valence-electron chi connectivity index (χ0n) is 26.2. The van der Waals surface area contributed by atoms with Crippen molar-refractivity contribution in [3.05, 3.63) is 47.1 Å². The first-order valence-corrected chi connectivity index (χ1v) is 15.7. The quantitative estimate of drug-likeness (QED) is 0.363. The number of aliphatic hydroxyl groups excluding tert-OH is 2. The van der Waals surface area contributed by atoms with E-state index in [0.29, 0.717) is 18.6 Å². The molecule has 4 aliphatic rings. The van der Waals surface area contributed by atoms with Gasteiger partial charge in [0.15, 0.2) is 0 Å². The standard InChI is InChI=1S/C34H48O9/c1-7-21-9-8-10-28(35)18(2)30(37)27-16-25-23-14-12-22(15-20(23)11-13-24(25)26(27)17-29(36)42-21)43-34-33(40-6)32(39-5)31(38-4)19(3)41-34/h11-16,18-19,21,24-26,28,30-35,37H,7-10,17H2,1-6H3/t18-,19+,21+,24-,25+,26+,28+,30+,31+,32-,33-,34+/m1/s1. The number of esters is 1. The lowest BCUT2D eigenvalue weighted by Gasteiger charge is -2.43. The Morgan fingerprint density at radius 2 is 1.74 bits per heavy atom. The van der Waals surface area contributed by atoms with Gasteiger partial charge in [-0.2, -0.15) is 0 Å². The van der Waals surface area contributed by atoms with Crippen LogP contribution in [0.25, 0.3) is 6.08 Å². The molecule has 2 fully saturated rings. The predicted molar refractivity (Wildman–Crippen MR) is 160 cm³/mol. The molecule has 2 heterocycles. The van der Waals surface area contributed by atoms with E-state index in [0.717, 1.165) is 29.5 Å². The number of fused-ring (bicyclic) bond motifs is 5. The minimum atomic E-state index is -0.847. The highest BCUT2D eigenvalue weighted by Gasteiger charge is 2.47. The second-order valence-corrected chi connectivity index (χ2v) is 12.5. The second-order valence-electron chi connectivity index (χ2n) is 12.5. The molecule has 9 nitrogen and oxygen atoms in total. The Labute approximate surface area is 255 Å². The molecule has 9 heteroatoms. The first-order chi connectivity index (χ1) is 20.7. The van der Waals surface area contributed by atoms with Gasteiger partial charge in [-0.3, -0.25) is 4.79 Å². The molecule has 1 aromatic rings. The number of aliphatic hydroxyl groups is 2. The number of hydrogen-bond acceptors (Lipinski definition) is 9. The highest BCUT2D eigenvalue weighted by Crippen LogP contribution is 2.51. The van der Waals surface area contributed by atoms with Gasteiger partial charge in [0.25, 0.3) is 0 Å². The van der Waals surface area contributed by atoms with Gasteiger partial charge in [0.05, 0.1) is 24.7 Å². The van der Waals surface area contributed by atoms with Crippen molar-refractivity contribution in [2.75, 3.05) is 21.3 Å². The summed E-state index contributed by atoms with van der Waals surface area (Å²) in [5.41, 5.74) is 2.91. The summed E-state index contributed by atoms with van der Waals surface area (Å²) < 4.78 is 35.4. The molecule has 12 atom stereocenters. The molecule has 2 aliphatic heterocycles. The van der Waals surface area contributed by atoms with Gasteiger partial charge in [0.2, 0.25) is 6.29 Å². The molecule has 0 spiro atoms. The van der Waals surface area contributed by atoms with E-state index < -0.39 is 24.6 Å². The maximum Gasteiger partial charge on any atom is 0.306 e. The number of carbonyl (C=O) groups excluding carboxylic acids is 1. The summed E-state index contributed by atoms with van der Waals surface area (Å²) in [6.07, 6.45) is 5.54. The van der Waals surface area contributed by atoms with E-state index in [-0.39, 0.29) is 60.5 Å². The van der Waals surface area contributed by atoms with Crippen molar-refractivity contribution in [2.24, 2.45) is 17.8 Å². The van der Waals surface area contributed by atoms with Crippen molar-refractivity contribution in [1.29, 1.82) is 0 Å². The maximum absolute atomic E-state index is 13.1. The molecular formula is C34H48O9. The number of allylic oxidation sites excluding steroid dienone is 2. The summed E-state index contributed by atoms with van der Waals surface area (Å²) >= 11 is 0. The van der Waals surface area contributed by atoms with Crippen LogP contribution in [0.15, 0.2) is 35.9 Å². The zero-order valence-corrected chi connectivity index (χ0v) is 26.2. The average molecular weight is 601 g/mol. The fourth-order valence-electron chi connectivity index (χ4n) is 7.46. The summed E-state index contributed by atoms with van der Waals surface area (Å²) in [6, 6.07) is 5.96. The summed E-state index contributed by atoms with van der Waals surface area (Å²) in [6.45, 7) is 5.84. The number of cyclic esters (lactones) is 1. The molecule has 2 N–H and O–H groups in total. The fraction of sp³-hybridized carbons (Fsp3) is 0.676. The van der Waals surface area contributed by atoms with Gasteiger partial charge in [0, 0.05) is 33.2 Å². The van der Waals surface area contributed by atoms with Crippen LogP contribution in [0.1, 0.15) is 69.9 Å². The van der Waals surface area contributed by atoms with Crippen LogP contribution < -0.4 is 4.74 Å². The van der Waals surface area contributed by atoms with Crippen molar-refractivity contribution in [3.63, 3.8) is 0 Å². The van der Waals surface area contributed by atoms with Crippen LogP contribution in [-0.2, 0) is 28.5 Å². The van der Waals surface area contributed by atoms with Crippen molar-refractivity contribution in [2.45, 2.75) is 108 Å². The van der Waals surface area contributed by atoms with Gasteiger partial charge >= 0.3 is 5.97 Å². The normalized spacial score (nSPS) is 39.8. The summed E-state index contributed by atoms with van der Waals surface area (Å²) in [5, 5.41) is 22.4. The van der Waals surface area contributed by atoms with Crippen molar-refractivity contribution in [3.8, 4) is 5.75 Å². The van der Waals surface area contributed by atoms with E-state index in [1.165, 1.54) is 0 Å². The first kappa shape index (κ1) is 32.1. The number of ether oxygens (including phenoxy) is 6. The Balaban J connectivity index is 1.40. The monoisotopic (exact) mass is 600 g/mol. The third kappa shape index (κ3) is 6.44.